The summed E-state index contributed by atoms with van der Waals surface area (Å²) < 4.78 is 5.26. The van der Waals surface area contributed by atoms with Crippen LogP contribution in [-0.2, 0) is 14.3 Å². The Kier molecular flexibility index (Phi) is 6.60. The monoisotopic (exact) mass is 387 g/mol. The van der Waals surface area contributed by atoms with Gasteiger partial charge in [0.1, 0.15) is 6.04 Å². The third kappa shape index (κ3) is 5.38. The number of ether oxygens (including phenoxy) is 1. The van der Waals surface area contributed by atoms with E-state index in [0.29, 0.717) is 6.42 Å². The van der Waals surface area contributed by atoms with Crippen molar-refractivity contribution in [3.63, 3.8) is 0 Å². The maximum absolute atomic E-state index is 12.8. The average molecular weight is 388 g/mol. The molecule has 0 bridgehead atoms. The van der Waals surface area contributed by atoms with Crippen molar-refractivity contribution in [2.24, 2.45) is 0 Å². The first kappa shape index (κ1) is 19.5. The zero-order valence-electron chi connectivity index (χ0n) is 15.5. The van der Waals surface area contributed by atoms with Gasteiger partial charge in [-0.25, -0.2) is 10.9 Å². The maximum Gasteiger partial charge on any atom is 0.308 e. The largest absolute Gasteiger partial charge is 0.463 e. The van der Waals surface area contributed by atoms with Gasteiger partial charge in [0.25, 0.3) is 0 Å². The van der Waals surface area contributed by atoms with Gasteiger partial charge in [0, 0.05) is 4.88 Å². The lowest BCUT2D eigenvalue weighted by molar-refractivity contribution is -0.148. The smallest absolute Gasteiger partial charge is 0.308 e. The molecule has 0 aliphatic carbocycles. The quantitative estimate of drug-likeness (QED) is 0.637. The van der Waals surface area contributed by atoms with Crippen LogP contribution in [0.4, 0.5) is 0 Å². The highest BCUT2D eigenvalue weighted by molar-refractivity contribution is 7.10. The zero-order valence-corrected chi connectivity index (χ0v) is 16.3. The highest BCUT2D eigenvalue weighted by Crippen LogP contribution is 2.26. The molecule has 0 radical (unpaired) electrons. The molecule has 7 heteroatoms. The molecule has 6 nitrogen and oxygen atoms in total. The first-order valence-electron chi connectivity index (χ1n) is 9.12. The molecular formula is C20H25N3O3S. The third-order valence-corrected chi connectivity index (χ3v) is 5.35. The van der Waals surface area contributed by atoms with E-state index in [2.05, 4.69) is 22.2 Å². The molecular weight excluding hydrogens is 362 g/mol. The Hall–Kier alpha value is -2.22. The van der Waals surface area contributed by atoms with Crippen LogP contribution in [0.15, 0.2) is 47.8 Å². The summed E-state index contributed by atoms with van der Waals surface area (Å²) in [6.07, 6.45) is 0.573. The van der Waals surface area contributed by atoms with Crippen LogP contribution in [-0.4, -0.2) is 24.0 Å². The van der Waals surface area contributed by atoms with E-state index in [9.17, 15) is 9.59 Å². The van der Waals surface area contributed by atoms with Crippen LogP contribution >= 0.6 is 11.3 Å². The van der Waals surface area contributed by atoms with Gasteiger partial charge in [-0.3, -0.25) is 9.59 Å². The van der Waals surface area contributed by atoms with Gasteiger partial charge in [0.2, 0.25) is 5.91 Å². The summed E-state index contributed by atoms with van der Waals surface area (Å²) in [4.78, 5) is 26.1. The molecule has 144 valence electrons. The van der Waals surface area contributed by atoms with E-state index in [1.165, 1.54) is 4.88 Å². The van der Waals surface area contributed by atoms with Crippen molar-refractivity contribution < 1.29 is 14.3 Å². The second-order valence-corrected chi connectivity index (χ2v) is 7.84. The molecule has 0 saturated carbocycles. The number of benzene rings is 1. The Morgan fingerprint density at radius 2 is 1.96 bits per heavy atom. The van der Waals surface area contributed by atoms with Gasteiger partial charge in [-0.1, -0.05) is 36.4 Å². The van der Waals surface area contributed by atoms with Gasteiger partial charge < -0.3 is 10.1 Å². The number of hydrazine groups is 1. The molecule has 1 fully saturated rings. The van der Waals surface area contributed by atoms with Gasteiger partial charge in [-0.15, -0.1) is 11.3 Å². The fourth-order valence-electron chi connectivity index (χ4n) is 3.09. The van der Waals surface area contributed by atoms with Crippen LogP contribution in [0, 0.1) is 0 Å². The number of esters is 1. The molecule has 0 spiro atoms. The van der Waals surface area contributed by atoms with Crippen molar-refractivity contribution in [3.8, 4) is 0 Å². The molecule has 1 amide bonds. The van der Waals surface area contributed by atoms with E-state index >= 15 is 0 Å². The Morgan fingerprint density at radius 1 is 1.19 bits per heavy atom. The topological polar surface area (TPSA) is 79.5 Å². The molecule has 3 atom stereocenters. The molecule has 1 saturated heterocycles. The number of rotatable bonds is 7. The molecule has 1 aromatic carbocycles. The Labute approximate surface area is 163 Å². The molecule has 1 aromatic heterocycles. The van der Waals surface area contributed by atoms with E-state index in [0.717, 1.165) is 5.56 Å². The van der Waals surface area contributed by atoms with Crippen LogP contribution in [0.5, 0.6) is 0 Å². The summed E-state index contributed by atoms with van der Waals surface area (Å²) >= 11 is 1.66. The molecule has 2 aromatic rings. The second kappa shape index (κ2) is 9.12. The lowest BCUT2D eigenvalue weighted by Gasteiger charge is -2.21. The summed E-state index contributed by atoms with van der Waals surface area (Å²) in [7, 11) is 0. The standard InChI is InChI=1S/C20H25N3O3S/c1-13(2)26-19(24)12-15(14-7-4-3-5-8-14)21-20(25)17-11-16(22-23-17)18-9-6-10-27-18/h3-10,13,15-17,22-23H,11-12H2,1-2H3,(H,21,25). The lowest BCUT2D eigenvalue weighted by atomic mass is 10.0. The van der Waals surface area contributed by atoms with Gasteiger partial charge in [0.15, 0.2) is 0 Å². The first-order valence-corrected chi connectivity index (χ1v) is 10.00. The van der Waals surface area contributed by atoms with Gasteiger partial charge in [0.05, 0.1) is 24.6 Å². The predicted molar refractivity (Wildman–Crippen MR) is 105 cm³/mol. The van der Waals surface area contributed by atoms with Crippen LogP contribution in [0.1, 0.15) is 49.2 Å². The SMILES string of the molecule is CC(C)OC(=O)CC(NC(=O)C1CC(c2cccs2)NN1)c1ccccc1. The van der Waals surface area contributed by atoms with Gasteiger partial charge in [-0.2, -0.15) is 0 Å². The number of amides is 1. The third-order valence-electron chi connectivity index (χ3n) is 4.36. The van der Waals surface area contributed by atoms with E-state index in [4.69, 9.17) is 4.74 Å². The molecule has 3 unspecified atom stereocenters. The molecule has 27 heavy (non-hydrogen) atoms. The van der Waals surface area contributed by atoms with Crippen LogP contribution in [0.2, 0.25) is 0 Å². The summed E-state index contributed by atoms with van der Waals surface area (Å²) in [6.45, 7) is 3.62. The van der Waals surface area contributed by atoms with Crippen LogP contribution in [0.25, 0.3) is 0 Å². The van der Waals surface area contributed by atoms with E-state index in [1.54, 1.807) is 11.3 Å². The number of thiophene rings is 1. The van der Waals surface area contributed by atoms with Crippen molar-refractivity contribution in [1.82, 2.24) is 16.2 Å². The highest BCUT2D eigenvalue weighted by atomic mass is 32.1. The maximum atomic E-state index is 12.8. The van der Waals surface area contributed by atoms with E-state index in [1.807, 2.05) is 55.6 Å². The summed E-state index contributed by atoms with van der Waals surface area (Å²) in [5, 5.41) is 5.03. The number of hydrogen-bond donors (Lipinski definition) is 3. The van der Waals surface area contributed by atoms with Gasteiger partial charge in [-0.05, 0) is 37.3 Å². The zero-order chi connectivity index (χ0) is 19.2. The van der Waals surface area contributed by atoms with Crippen molar-refractivity contribution >= 4 is 23.2 Å². The summed E-state index contributed by atoms with van der Waals surface area (Å²) in [5.74, 6) is -0.458. The minimum Gasteiger partial charge on any atom is -0.463 e. The van der Waals surface area contributed by atoms with E-state index in [-0.39, 0.29) is 36.5 Å². The Bertz CT molecular complexity index is 749. The van der Waals surface area contributed by atoms with Crippen molar-refractivity contribution in [2.45, 2.75) is 50.9 Å². The number of nitrogens with one attached hydrogen (secondary N) is 3. The molecule has 3 rings (SSSR count). The molecule has 3 N–H and O–H groups in total. The lowest BCUT2D eigenvalue weighted by Crippen LogP contribution is -2.44. The van der Waals surface area contributed by atoms with Gasteiger partial charge >= 0.3 is 5.97 Å². The van der Waals surface area contributed by atoms with Crippen LogP contribution < -0.4 is 16.2 Å². The summed E-state index contributed by atoms with van der Waals surface area (Å²) in [5.41, 5.74) is 7.13. The fourth-order valence-corrected chi connectivity index (χ4v) is 3.88. The van der Waals surface area contributed by atoms with E-state index < -0.39 is 6.04 Å². The average Bonchev–Trinajstić information content (AvgIpc) is 3.32. The normalized spacial score (nSPS) is 20.4. The fraction of sp³-hybridized carbons (Fsp3) is 0.400. The molecule has 2 heterocycles. The minimum absolute atomic E-state index is 0.0996. The van der Waals surface area contributed by atoms with Crippen molar-refractivity contribution in [3.05, 3.63) is 58.3 Å². The minimum atomic E-state index is -0.424. The molecule has 1 aliphatic heterocycles. The highest BCUT2D eigenvalue weighted by Gasteiger charge is 2.32. The number of hydrogen-bond acceptors (Lipinski definition) is 6. The van der Waals surface area contributed by atoms with Crippen molar-refractivity contribution in [2.75, 3.05) is 0 Å². The number of carbonyl (C=O) groups excluding carboxylic acids is 2. The first-order chi connectivity index (χ1) is 13.0. The second-order valence-electron chi connectivity index (χ2n) is 6.86. The van der Waals surface area contributed by atoms with Crippen LogP contribution in [0.3, 0.4) is 0 Å². The van der Waals surface area contributed by atoms with Crippen molar-refractivity contribution in [1.29, 1.82) is 0 Å². The Morgan fingerprint density at radius 3 is 2.63 bits per heavy atom. The Balaban J connectivity index is 1.64. The number of carbonyl (C=O) groups is 2. The predicted octanol–water partition coefficient (Wildman–Crippen LogP) is 2.85. The summed E-state index contributed by atoms with van der Waals surface area (Å²) in [6, 6.07) is 12.9. The molecule has 1 aliphatic rings.